The maximum absolute atomic E-state index is 12.2. The topological polar surface area (TPSA) is 65.9 Å². The Balaban J connectivity index is 1.94. The van der Waals surface area contributed by atoms with E-state index < -0.39 is 5.60 Å². The minimum Gasteiger partial charge on any atom is -0.504 e. The number of amides is 1. The van der Waals surface area contributed by atoms with Crippen molar-refractivity contribution in [3.05, 3.63) is 18.3 Å². The molecule has 2 heterocycles. The number of ether oxygens (including phenoxy) is 1. The summed E-state index contributed by atoms with van der Waals surface area (Å²) in [4.78, 5) is 20.2. The van der Waals surface area contributed by atoms with Crippen molar-refractivity contribution in [2.75, 3.05) is 31.6 Å². The highest BCUT2D eigenvalue weighted by Gasteiger charge is 2.28. The third-order valence-corrected chi connectivity index (χ3v) is 3.83. The fourth-order valence-corrected chi connectivity index (χ4v) is 2.86. The molecule has 2 rings (SSSR count). The molecule has 6 heteroatoms. The summed E-state index contributed by atoms with van der Waals surface area (Å²) >= 11 is 0. The number of carbonyl (C=O) groups is 1. The summed E-state index contributed by atoms with van der Waals surface area (Å²) in [6.07, 6.45) is 3.44. The van der Waals surface area contributed by atoms with E-state index in [1.54, 1.807) is 23.2 Å². The quantitative estimate of drug-likeness (QED) is 0.927. The van der Waals surface area contributed by atoms with Crippen LogP contribution in [0.5, 0.6) is 5.75 Å². The van der Waals surface area contributed by atoms with E-state index in [1.807, 2.05) is 32.7 Å². The zero-order valence-electron chi connectivity index (χ0n) is 14.5. The predicted molar refractivity (Wildman–Crippen MR) is 89.7 cm³/mol. The first-order valence-corrected chi connectivity index (χ1v) is 8.09. The number of anilines is 1. The molecule has 1 unspecified atom stereocenters. The van der Waals surface area contributed by atoms with E-state index >= 15 is 0 Å². The molecule has 1 fully saturated rings. The maximum atomic E-state index is 12.2. The molecule has 1 aromatic rings. The predicted octanol–water partition coefficient (Wildman–Crippen LogP) is 2.87. The van der Waals surface area contributed by atoms with Crippen LogP contribution in [0.15, 0.2) is 18.3 Å². The average molecular weight is 321 g/mol. The molecule has 0 aliphatic carbocycles. The van der Waals surface area contributed by atoms with Gasteiger partial charge in [-0.05, 0) is 51.7 Å². The van der Waals surface area contributed by atoms with Gasteiger partial charge < -0.3 is 19.6 Å². The molecule has 1 saturated heterocycles. The van der Waals surface area contributed by atoms with Gasteiger partial charge in [0.15, 0.2) is 11.6 Å². The van der Waals surface area contributed by atoms with Crippen molar-refractivity contribution in [2.24, 2.45) is 5.92 Å². The van der Waals surface area contributed by atoms with E-state index in [4.69, 9.17) is 4.74 Å². The first-order valence-electron chi connectivity index (χ1n) is 8.09. The Labute approximate surface area is 138 Å². The summed E-state index contributed by atoms with van der Waals surface area (Å²) in [6, 6.07) is 3.34. The van der Waals surface area contributed by atoms with E-state index in [0.717, 1.165) is 25.9 Å². The second-order valence-electron chi connectivity index (χ2n) is 7.16. The van der Waals surface area contributed by atoms with Crippen molar-refractivity contribution < 1.29 is 14.6 Å². The zero-order chi connectivity index (χ0) is 17.0. The van der Waals surface area contributed by atoms with Crippen molar-refractivity contribution in [3.8, 4) is 5.75 Å². The lowest BCUT2D eigenvalue weighted by Gasteiger charge is -2.35. The number of hydrogen-bond acceptors (Lipinski definition) is 5. The molecular weight excluding hydrogens is 294 g/mol. The molecule has 1 aromatic heterocycles. The first kappa shape index (κ1) is 17.4. The van der Waals surface area contributed by atoms with E-state index in [-0.39, 0.29) is 11.8 Å². The molecule has 1 N–H and O–H groups in total. The number of carbonyl (C=O) groups excluding carboxylic acids is 1. The highest BCUT2D eigenvalue weighted by atomic mass is 16.6. The Kier molecular flexibility index (Phi) is 5.34. The van der Waals surface area contributed by atoms with Crippen LogP contribution in [-0.2, 0) is 4.74 Å². The van der Waals surface area contributed by atoms with Crippen molar-refractivity contribution >= 4 is 11.9 Å². The molecule has 1 atom stereocenters. The minimum atomic E-state index is -0.472. The summed E-state index contributed by atoms with van der Waals surface area (Å²) in [5.74, 6) is 1.08. The lowest BCUT2D eigenvalue weighted by molar-refractivity contribution is 0.0170. The van der Waals surface area contributed by atoms with Gasteiger partial charge in [0.25, 0.3) is 0 Å². The molecule has 128 valence electrons. The molecule has 23 heavy (non-hydrogen) atoms. The highest BCUT2D eigenvalue weighted by molar-refractivity contribution is 5.68. The van der Waals surface area contributed by atoms with Gasteiger partial charge in [0, 0.05) is 32.9 Å². The van der Waals surface area contributed by atoms with E-state index in [9.17, 15) is 9.90 Å². The van der Waals surface area contributed by atoms with Crippen LogP contribution in [-0.4, -0.2) is 53.4 Å². The normalized spacial score (nSPS) is 18.6. The number of rotatable bonds is 3. The summed E-state index contributed by atoms with van der Waals surface area (Å²) in [7, 11) is 1.91. The number of aromatic hydroxyl groups is 1. The van der Waals surface area contributed by atoms with Crippen LogP contribution in [0.4, 0.5) is 10.6 Å². The minimum absolute atomic E-state index is 0.176. The van der Waals surface area contributed by atoms with Gasteiger partial charge in [0.1, 0.15) is 5.60 Å². The molecule has 0 aromatic carbocycles. The summed E-state index contributed by atoms with van der Waals surface area (Å²) < 4.78 is 5.46. The standard InChI is InChI=1S/C17H27N3O3/c1-17(2,3)23-16(22)20-10-6-7-13(12-20)11-19(4)15-14(21)8-5-9-18-15/h5,8-9,13,21H,6-7,10-12H2,1-4H3. The van der Waals surface area contributed by atoms with Gasteiger partial charge in [-0.2, -0.15) is 0 Å². The van der Waals surface area contributed by atoms with Crippen molar-refractivity contribution in [3.63, 3.8) is 0 Å². The van der Waals surface area contributed by atoms with E-state index in [2.05, 4.69) is 4.98 Å². The fraction of sp³-hybridized carbons (Fsp3) is 0.647. The van der Waals surface area contributed by atoms with Gasteiger partial charge in [0.05, 0.1) is 0 Å². The average Bonchev–Trinajstić information content (AvgIpc) is 2.46. The van der Waals surface area contributed by atoms with Crippen LogP contribution in [0.25, 0.3) is 0 Å². The number of aromatic nitrogens is 1. The number of piperidine rings is 1. The summed E-state index contributed by atoms with van der Waals surface area (Å²) in [6.45, 7) is 7.79. The van der Waals surface area contributed by atoms with Gasteiger partial charge in [-0.3, -0.25) is 0 Å². The molecule has 1 amide bonds. The molecule has 0 saturated carbocycles. The van der Waals surface area contributed by atoms with Crippen LogP contribution in [0.3, 0.4) is 0 Å². The van der Waals surface area contributed by atoms with Gasteiger partial charge in [-0.15, -0.1) is 0 Å². The van der Waals surface area contributed by atoms with Crippen molar-refractivity contribution in [1.29, 1.82) is 0 Å². The Morgan fingerprint density at radius 2 is 2.26 bits per heavy atom. The largest absolute Gasteiger partial charge is 0.504 e. The molecule has 1 aliphatic heterocycles. The third-order valence-electron chi connectivity index (χ3n) is 3.83. The number of nitrogens with zero attached hydrogens (tertiary/aromatic N) is 3. The van der Waals surface area contributed by atoms with Crippen LogP contribution < -0.4 is 4.90 Å². The fourth-order valence-electron chi connectivity index (χ4n) is 2.86. The number of pyridine rings is 1. The Morgan fingerprint density at radius 3 is 2.91 bits per heavy atom. The molecule has 6 nitrogen and oxygen atoms in total. The Bertz CT molecular complexity index is 542. The second-order valence-corrected chi connectivity index (χ2v) is 7.16. The highest BCUT2D eigenvalue weighted by Crippen LogP contribution is 2.25. The van der Waals surface area contributed by atoms with Crippen molar-refractivity contribution in [1.82, 2.24) is 9.88 Å². The zero-order valence-corrected chi connectivity index (χ0v) is 14.5. The SMILES string of the molecule is CN(CC1CCCN(C(=O)OC(C)(C)C)C1)c1ncccc1O. The van der Waals surface area contributed by atoms with Crippen LogP contribution in [0.2, 0.25) is 0 Å². The van der Waals surface area contributed by atoms with Gasteiger partial charge in [-0.25, -0.2) is 9.78 Å². The molecule has 0 radical (unpaired) electrons. The third kappa shape index (κ3) is 5.01. The summed E-state index contributed by atoms with van der Waals surface area (Å²) in [5, 5.41) is 9.89. The smallest absolute Gasteiger partial charge is 0.410 e. The Hall–Kier alpha value is -1.98. The molecule has 0 spiro atoms. The second kappa shape index (κ2) is 7.06. The van der Waals surface area contributed by atoms with Gasteiger partial charge in [-0.1, -0.05) is 0 Å². The van der Waals surface area contributed by atoms with Crippen LogP contribution >= 0.6 is 0 Å². The van der Waals surface area contributed by atoms with Crippen LogP contribution in [0, 0.1) is 5.92 Å². The molecular formula is C17H27N3O3. The Morgan fingerprint density at radius 1 is 1.52 bits per heavy atom. The number of hydrogen-bond donors (Lipinski definition) is 1. The van der Waals surface area contributed by atoms with Crippen LogP contribution in [0.1, 0.15) is 33.6 Å². The summed E-state index contributed by atoms with van der Waals surface area (Å²) in [5.41, 5.74) is -0.472. The molecule has 0 bridgehead atoms. The maximum Gasteiger partial charge on any atom is 0.410 e. The molecule has 1 aliphatic rings. The van der Waals surface area contributed by atoms with Gasteiger partial charge >= 0.3 is 6.09 Å². The lowest BCUT2D eigenvalue weighted by atomic mass is 9.98. The van der Waals surface area contributed by atoms with E-state index in [1.165, 1.54) is 0 Å². The monoisotopic (exact) mass is 321 g/mol. The van der Waals surface area contributed by atoms with E-state index in [0.29, 0.717) is 18.3 Å². The number of likely N-dealkylation sites (tertiary alicyclic amines) is 1. The van der Waals surface area contributed by atoms with Gasteiger partial charge in [0.2, 0.25) is 0 Å². The first-order chi connectivity index (χ1) is 10.8. The lowest BCUT2D eigenvalue weighted by Crippen LogP contribution is -2.45. The van der Waals surface area contributed by atoms with Crippen molar-refractivity contribution in [2.45, 2.75) is 39.2 Å².